The second-order valence-corrected chi connectivity index (χ2v) is 9.36. The highest BCUT2D eigenvalue weighted by molar-refractivity contribution is 5.99. The number of nitrogens with one attached hydrogen (secondary N) is 2. The zero-order chi connectivity index (χ0) is 23.3. The number of H-pyrrole nitrogens is 1. The standard InChI is InChI=1S/C24H24F2N4O3/c1-13-4-15-6-19(28-21(15)27-10-13)22(32)29-20(5-14-2-3-16(25)7-18(14)26)23(33)30-11-24(12-30)8-17(31)9-24/h2-4,6-7,10,17,20,31H,5,8-9,11-12H2,1H3,(H,27,28)(H,29,32)/t20-/m0/s1. The summed E-state index contributed by atoms with van der Waals surface area (Å²) in [7, 11) is 0. The molecule has 1 aromatic carbocycles. The van der Waals surface area contributed by atoms with Gasteiger partial charge < -0.3 is 20.3 Å². The van der Waals surface area contributed by atoms with Crippen molar-refractivity contribution in [2.45, 2.75) is 38.3 Å². The molecule has 172 valence electrons. The van der Waals surface area contributed by atoms with Crippen molar-refractivity contribution in [1.82, 2.24) is 20.2 Å². The second kappa shape index (κ2) is 7.91. The lowest BCUT2D eigenvalue weighted by atomic mass is 9.62. The van der Waals surface area contributed by atoms with Gasteiger partial charge in [-0.15, -0.1) is 0 Å². The molecule has 2 aliphatic rings. The van der Waals surface area contributed by atoms with Crippen LogP contribution in [0.25, 0.3) is 11.0 Å². The number of aromatic amines is 1. The predicted octanol–water partition coefficient (Wildman–Crippen LogP) is 2.47. The van der Waals surface area contributed by atoms with Gasteiger partial charge >= 0.3 is 0 Å². The largest absolute Gasteiger partial charge is 0.393 e. The van der Waals surface area contributed by atoms with E-state index >= 15 is 0 Å². The van der Waals surface area contributed by atoms with E-state index in [0.29, 0.717) is 31.6 Å². The van der Waals surface area contributed by atoms with Gasteiger partial charge in [-0.1, -0.05) is 6.07 Å². The van der Waals surface area contributed by atoms with Gasteiger partial charge in [0.2, 0.25) is 5.91 Å². The first-order valence-electron chi connectivity index (χ1n) is 10.9. The van der Waals surface area contributed by atoms with Gasteiger partial charge in [0.05, 0.1) is 6.10 Å². The first-order chi connectivity index (χ1) is 15.7. The van der Waals surface area contributed by atoms with E-state index < -0.39 is 23.6 Å². The van der Waals surface area contributed by atoms with Crippen molar-refractivity contribution in [1.29, 1.82) is 0 Å². The number of halogens is 2. The number of aryl methyl sites for hydroxylation is 1. The highest BCUT2D eigenvalue weighted by Gasteiger charge is 2.54. The molecule has 1 spiro atoms. The summed E-state index contributed by atoms with van der Waals surface area (Å²) in [5.74, 6) is -2.32. The number of hydrogen-bond donors (Lipinski definition) is 3. The van der Waals surface area contributed by atoms with Gasteiger partial charge in [-0.2, -0.15) is 0 Å². The van der Waals surface area contributed by atoms with E-state index in [1.54, 1.807) is 17.2 Å². The maximum atomic E-state index is 14.3. The zero-order valence-electron chi connectivity index (χ0n) is 18.1. The van der Waals surface area contributed by atoms with Gasteiger partial charge in [0.15, 0.2) is 0 Å². The maximum absolute atomic E-state index is 14.3. The highest BCUT2D eigenvalue weighted by Crippen LogP contribution is 2.48. The van der Waals surface area contributed by atoms with Gasteiger partial charge in [0, 0.05) is 42.6 Å². The monoisotopic (exact) mass is 454 g/mol. The molecule has 1 aliphatic carbocycles. The minimum absolute atomic E-state index is 0.0501. The molecular formula is C24H24F2N4O3. The minimum Gasteiger partial charge on any atom is -0.393 e. The van der Waals surface area contributed by atoms with Crippen molar-refractivity contribution in [3.63, 3.8) is 0 Å². The quantitative estimate of drug-likeness (QED) is 0.552. The number of likely N-dealkylation sites (tertiary alicyclic amines) is 1. The molecule has 1 saturated carbocycles. The molecule has 3 aromatic rings. The number of fused-ring (bicyclic) bond motifs is 1. The number of aliphatic hydroxyl groups excluding tert-OH is 1. The van der Waals surface area contributed by atoms with Gasteiger partial charge in [-0.3, -0.25) is 9.59 Å². The van der Waals surface area contributed by atoms with Crippen molar-refractivity contribution >= 4 is 22.8 Å². The Labute approximate surface area is 188 Å². The lowest BCUT2D eigenvalue weighted by Crippen LogP contribution is -2.67. The summed E-state index contributed by atoms with van der Waals surface area (Å²) in [6, 6.07) is 5.69. The summed E-state index contributed by atoms with van der Waals surface area (Å²) in [5.41, 5.74) is 1.82. The van der Waals surface area contributed by atoms with Gasteiger partial charge in [0.1, 0.15) is 29.0 Å². The van der Waals surface area contributed by atoms with Crippen LogP contribution in [0.4, 0.5) is 8.78 Å². The average molecular weight is 454 g/mol. The summed E-state index contributed by atoms with van der Waals surface area (Å²) in [4.78, 5) is 35.0. The Kier molecular flexibility index (Phi) is 5.16. The van der Waals surface area contributed by atoms with E-state index in [4.69, 9.17) is 0 Å². The Morgan fingerprint density at radius 3 is 2.73 bits per heavy atom. The van der Waals surface area contributed by atoms with Gasteiger partial charge in [-0.05, 0) is 49.1 Å². The summed E-state index contributed by atoms with van der Waals surface area (Å²) in [6.45, 7) is 2.89. The molecule has 0 bridgehead atoms. The Morgan fingerprint density at radius 2 is 2.03 bits per heavy atom. The fraction of sp³-hybridized carbons (Fsp3) is 0.375. The lowest BCUT2D eigenvalue weighted by molar-refractivity contribution is -0.164. The van der Waals surface area contributed by atoms with E-state index in [9.17, 15) is 23.5 Å². The molecule has 2 aromatic heterocycles. The molecule has 7 nitrogen and oxygen atoms in total. The normalized spacial score (nSPS) is 18.1. The van der Waals surface area contributed by atoms with E-state index in [-0.39, 0.29) is 35.1 Å². The SMILES string of the molecule is Cc1cnc2[nH]c(C(=O)N[C@@H](Cc3ccc(F)cc3F)C(=O)N3CC4(CC(O)C4)C3)cc2c1. The van der Waals surface area contributed by atoms with Crippen LogP contribution in [0.3, 0.4) is 0 Å². The maximum Gasteiger partial charge on any atom is 0.268 e. The van der Waals surface area contributed by atoms with Crippen LogP contribution in [0.5, 0.6) is 0 Å². The summed E-state index contributed by atoms with van der Waals surface area (Å²) in [6.07, 6.45) is 2.55. The molecule has 1 aliphatic heterocycles. The van der Waals surface area contributed by atoms with E-state index in [1.807, 2.05) is 13.0 Å². The van der Waals surface area contributed by atoms with Crippen molar-refractivity contribution < 1.29 is 23.5 Å². The Morgan fingerprint density at radius 1 is 1.27 bits per heavy atom. The van der Waals surface area contributed by atoms with E-state index in [0.717, 1.165) is 23.1 Å². The molecule has 1 saturated heterocycles. The van der Waals surface area contributed by atoms with Crippen molar-refractivity contribution in [3.05, 3.63) is 65.0 Å². The number of hydrogen-bond acceptors (Lipinski definition) is 4. The van der Waals surface area contributed by atoms with E-state index in [1.165, 1.54) is 6.07 Å². The predicted molar refractivity (Wildman–Crippen MR) is 116 cm³/mol. The van der Waals surface area contributed by atoms with Crippen LogP contribution < -0.4 is 5.32 Å². The lowest BCUT2D eigenvalue weighted by Gasteiger charge is -2.58. The molecule has 0 unspecified atom stereocenters. The smallest absolute Gasteiger partial charge is 0.268 e. The number of amides is 2. The van der Waals surface area contributed by atoms with Gasteiger partial charge in [-0.25, -0.2) is 13.8 Å². The van der Waals surface area contributed by atoms with Crippen LogP contribution in [0.15, 0.2) is 36.5 Å². The molecule has 2 fully saturated rings. The molecule has 0 radical (unpaired) electrons. The molecule has 3 N–H and O–H groups in total. The van der Waals surface area contributed by atoms with Crippen LogP contribution in [0, 0.1) is 24.0 Å². The molecule has 1 atom stereocenters. The topological polar surface area (TPSA) is 98.3 Å². The molecule has 5 rings (SSSR count). The summed E-state index contributed by atoms with van der Waals surface area (Å²) >= 11 is 0. The van der Waals surface area contributed by atoms with Crippen molar-refractivity contribution in [2.75, 3.05) is 13.1 Å². The third-order valence-electron chi connectivity index (χ3n) is 6.60. The number of benzene rings is 1. The number of aromatic nitrogens is 2. The Bertz CT molecular complexity index is 1240. The molecule has 2 amide bonds. The fourth-order valence-electron chi connectivity index (χ4n) is 4.93. The van der Waals surface area contributed by atoms with Crippen LogP contribution in [-0.4, -0.2) is 57.0 Å². The molecule has 3 heterocycles. The molecule has 9 heteroatoms. The number of aliphatic hydroxyl groups is 1. The highest BCUT2D eigenvalue weighted by atomic mass is 19.1. The van der Waals surface area contributed by atoms with Crippen molar-refractivity contribution in [3.8, 4) is 0 Å². The van der Waals surface area contributed by atoms with Crippen LogP contribution in [0.2, 0.25) is 0 Å². The third-order valence-corrected chi connectivity index (χ3v) is 6.60. The number of nitrogens with zero attached hydrogens (tertiary/aromatic N) is 2. The second-order valence-electron chi connectivity index (χ2n) is 9.36. The third kappa shape index (κ3) is 4.08. The van der Waals surface area contributed by atoms with E-state index in [2.05, 4.69) is 15.3 Å². The van der Waals surface area contributed by atoms with Crippen molar-refractivity contribution in [2.24, 2.45) is 5.41 Å². The number of carbonyl (C=O) groups excluding carboxylic acids is 2. The first kappa shape index (κ1) is 21.5. The number of rotatable bonds is 5. The van der Waals surface area contributed by atoms with Crippen LogP contribution >= 0.6 is 0 Å². The molecular weight excluding hydrogens is 430 g/mol. The number of pyridine rings is 1. The van der Waals surface area contributed by atoms with Crippen LogP contribution in [-0.2, 0) is 11.2 Å². The summed E-state index contributed by atoms with van der Waals surface area (Å²) < 4.78 is 27.7. The zero-order valence-corrected chi connectivity index (χ0v) is 18.1. The minimum atomic E-state index is -1.03. The Balaban J connectivity index is 1.36. The summed E-state index contributed by atoms with van der Waals surface area (Å²) in [5, 5.41) is 13.1. The average Bonchev–Trinajstić information content (AvgIpc) is 3.13. The fourth-order valence-corrected chi connectivity index (χ4v) is 4.93. The number of carbonyl (C=O) groups is 2. The van der Waals surface area contributed by atoms with Gasteiger partial charge in [0.25, 0.3) is 5.91 Å². The molecule has 33 heavy (non-hydrogen) atoms. The Hall–Kier alpha value is -3.33. The first-order valence-corrected chi connectivity index (χ1v) is 10.9. The van der Waals surface area contributed by atoms with Crippen LogP contribution in [0.1, 0.15) is 34.5 Å².